The molecule has 0 amide bonds. The summed E-state index contributed by atoms with van der Waals surface area (Å²) >= 11 is 0. The highest BCUT2D eigenvalue weighted by Crippen LogP contribution is 2.09. The molecule has 0 aromatic carbocycles. The molecule has 0 aliphatic rings. The number of aryl methyl sites for hydroxylation is 1. The van der Waals surface area contributed by atoms with Gasteiger partial charge >= 0.3 is 0 Å². The van der Waals surface area contributed by atoms with E-state index < -0.39 is 0 Å². The number of aromatic nitrogens is 2. The van der Waals surface area contributed by atoms with E-state index in [0.29, 0.717) is 0 Å². The van der Waals surface area contributed by atoms with Crippen LogP contribution in [-0.2, 0) is 6.54 Å². The maximum absolute atomic E-state index is 4.19. The molecule has 1 rings (SSSR count). The summed E-state index contributed by atoms with van der Waals surface area (Å²) in [7, 11) is 1.98. The van der Waals surface area contributed by atoms with Gasteiger partial charge in [-0.3, -0.25) is 0 Å². The third-order valence-corrected chi connectivity index (χ3v) is 2.42. The van der Waals surface area contributed by atoms with E-state index in [-0.39, 0.29) is 0 Å². The smallest absolute Gasteiger partial charge is 0.0950 e. The number of rotatable bonds is 6. The average Bonchev–Trinajstić information content (AvgIpc) is 2.66. The Bertz CT molecular complexity index is 312. The van der Waals surface area contributed by atoms with Gasteiger partial charge in [0.1, 0.15) is 0 Å². The first-order valence-corrected chi connectivity index (χ1v) is 5.66. The van der Waals surface area contributed by atoms with Crippen molar-refractivity contribution >= 4 is 6.08 Å². The van der Waals surface area contributed by atoms with Gasteiger partial charge in [0.05, 0.1) is 18.2 Å². The minimum Gasteiger partial charge on any atom is -0.331 e. The van der Waals surface area contributed by atoms with E-state index in [0.717, 1.165) is 25.9 Å². The van der Waals surface area contributed by atoms with Crippen LogP contribution in [0.2, 0.25) is 0 Å². The zero-order valence-corrected chi connectivity index (χ0v) is 9.95. The van der Waals surface area contributed by atoms with Gasteiger partial charge in [-0.05, 0) is 26.0 Å². The van der Waals surface area contributed by atoms with Crippen LogP contribution in [0.4, 0.5) is 0 Å². The van der Waals surface area contributed by atoms with Gasteiger partial charge in [0.25, 0.3) is 0 Å². The minimum absolute atomic E-state index is 0.952. The standard InChI is InChI=1S/C12H21N3/c1-4-6-15-10-14-9-12(15)7-11(5-2)8-13-3/h7,9-10,13H,4-6,8H2,1-3H3. The SMILES string of the molecule is CCCn1cncc1C=C(CC)CNC. The van der Waals surface area contributed by atoms with E-state index >= 15 is 0 Å². The molecule has 3 nitrogen and oxygen atoms in total. The molecule has 0 saturated heterocycles. The third-order valence-electron chi connectivity index (χ3n) is 2.42. The Kier molecular flexibility index (Phi) is 5.12. The van der Waals surface area contributed by atoms with E-state index in [2.05, 4.69) is 34.8 Å². The number of likely N-dealkylation sites (N-methyl/N-ethyl adjacent to an activating group) is 1. The van der Waals surface area contributed by atoms with Crippen molar-refractivity contribution in [3.05, 3.63) is 23.8 Å². The van der Waals surface area contributed by atoms with Crippen LogP contribution in [0, 0.1) is 0 Å². The van der Waals surface area contributed by atoms with E-state index in [1.54, 1.807) is 0 Å². The van der Waals surface area contributed by atoms with Crippen LogP contribution in [-0.4, -0.2) is 23.1 Å². The van der Waals surface area contributed by atoms with Gasteiger partial charge in [-0.2, -0.15) is 0 Å². The van der Waals surface area contributed by atoms with Crippen LogP contribution in [0.25, 0.3) is 6.08 Å². The van der Waals surface area contributed by atoms with Crippen molar-refractivity contribution in [2.75, 3.05) is 13.6 Å². The van der Waals surface area contributed by atoms with Crippen LogP contribution < -0.4 is 5.32 Å². The van der Waals surface area contributed by atoms with Crippen molar-refractivity contribution in [3.8, 4) is 0 Å². The molecule has 0 unspecified atom stereocenters. The predicted molar refractivity (Wildman–Crippen MR) is 64.7 cm³/mol. The summed E-state index contributed by atoms with van der Waals surface area (Å²) in [6.07, 6.45) is 8.30. The normalized spacial score (nSPS) is 12.1. The molecule has 0 bridgehead atoms. The molecule has 1 aromatic rings. The number of hydrogen-bond acceptors (Lipinski definition) is 2. The van der Waals surface area contributed by atoms with E-state index in [4.69, 9.17) is 0 Å². The van der Waals surface area contributed by atoms with Crippen molar-refractivity contribution in [1.82, 2.24) is 14.9 Å². The molecule has 84 valence electrons. The van der Waals surface area contributed by atoms with Crippen LogP contribution >= 0.6 is 0 Å². The summed E-state index contributed by atoms with van der Waals surface area (Å²) in [6.45, 7) is 6.36. The Morgan fingerprint density at radius 1 is 1.53 bits per heavy atom. The maximum atomic E-state index is 4.19. The Morgan fingerprint density at radius 3 is 2.93 bits per heavy atom. The summed E-state index contributed by atoms with van der Waals surface area (Å²) in [5.74, 6) is 0. The molecule has 1 heterocycles. The van der Waals surface area contributed by atoms with Crippen molar-refractivity contribution in [2.45, 2.75) is 33.2 Å². The first kappa shape index (κ1) is 12.0. The first-order valence-electron chi connectivity index (χ1n) is 5.66. The highest BCUT2D eigenvalue weighted by atomic mass is 15.0. The Morgan fingerprint density at radius 2 is 2.33 bits per heavy atom. The van der Waals surface area contributed by atoms with Crippen LogP contribution in [0.1, 0.15) is 32.4 Å². The summed E-state index contributed by atoms with van der Waals surface area (Å²) in [5.41, 5.74) is 2.62. The highest BCUT2D eigenvalue weighted by molar-refractivity contribution is 5.48. The minimum atomic E-state index is 0.952. The maximum Gasteiger partial charge on any atom is 0.0950 e. The van der Waals surface area contributed by atoms with Crippen molar-refractivity contribution in [1.29, 1.82) is 0 Å². The molecule has 1 N–H and O–H groups in total. The Hall–Kier alpha value is -1.09. The second-order valence-corrected chi connectivity index (χ2v) is 3.70. The lowest BCUT2D eigenvalue weighted by Gasteiger charge is -2.06. The number of nitrogens with zero attached hydrogens (tertiary/aromatic N) is 2. The lowest BCUT2D eigenvalue weighted by molar-refractivity contribution is 0.673. The molecular formula is C12H21N3. The zero-order valence-electron chi connectivity index (χ0n) is 9.95. The fraction of sp³-hybridized carbons (Fsp3) is 0.583. The lowest BCUT2D eigenvalue weighted by atomic mass is 10.1. The first-order chi connectivity index (χ1) is 7.31. The molecule has 15 heavy (non-hydrogen) atoms. The van der Waals surface area contributed by atoms with Gasteiger partial charge in [0.15, 0.2) is 0 Å². The summed E-state index contributed by atoms with van der Waals surface area (Å²) < 4.78 is 2.20. The van der Waals surface area contributed by atoms with Gasteiger partial charge in [-0.25, -0.2) is 4.98 Å². The summed E-state index contributed by atoms with van der Waals surface area (Å²) in [6, 6.07) is 0. The van der Waals surface area contributed by atoms with Crippen LogP contribution in [0.15, 0.2) is 18.1 Å². The van der Waals surface area contributed by atoms with Crippen LogP contribution in [0.3, 0.4) is 0 Å². The van der Waals surface area contributed by atoms with Gasteiger partial charge in [-0.1, -0.05) is 19.4 Å². The fourth-order valence-corrected chi connectivity index (χ4v) is 1.59. The molecule has 0 spiro atoms. The fourth-order valence-electron chi connectivity index (χ4n) is 1.59. The topological polar surface area (TPSA) is 29.9 Å². The molecule has 0 radical (unpaired) electrons. The van der Waals surface area contributed by atoms with Gasteiger partial charge in [0, 0.05) is 13.1 Å². The van der Waals surface area contributed by atoms with Gasteiger partial charge in [0.2, 0.25) is 0 Å². The summed E-state index contributed by atoms with van der Waals surface area (Å²) in [4.78, 5) is 4.19. The van der Waals surface area contributed by atoms with Crippen molar-refractivity contribution in [2.24, 2.45) is 0 Å². The third kappa shape index (κ3) is 3.51. The Labute approximate surface area is 92.2 Å². The van der Waals surface area contributed by atoms with Crippen LogP contribution in [0.5, 0.6) is 0 Å². The number of imidazole rings is 1. The molecule has 0 fully saturated rings. The average molecular weight is 207 g/mol. The number of nitrogens with one attached hydrogen (secondary N) is 1. The van der Waals surface area contributed by atoms with Gasteiger partial charge < -0.3 is 9.88 Å². The highest BCUT2D eigenvalue weighted by Gasteiger charge is 1.99. The van der Waals surface area contributed by atoms with E-state index in [9.17, 15) is 0 Å². The van der Waals surface area contributed by atoms with Gasteiger partial charge in [-0.15, -0.1) is 0 Å². The van der Waals surface area contributed by atoms with E-state index in [1.165, 1.54) is 11.3 Å². The molecule has 0 saturated carbocycles. The monoisotopic (exact) mass is 207 g/mol. The molecule has 3 heteroatoms. The van der Waals surface area contributed by atoms with E-state index in [1.807, 2.05) is 19.6 Å². The zero-order chi connectivity index (χ0) is 11.1. The quantitative estimate of drug-likeness (QED) is 0.775. The molecule has 0 atom stereocenters. The lowest BCUT2D eigenvalue weighted by Crippen LogP contribution is -2.10. The summed E-state index contributed by atoms with van der Waals surface area (Å²) in [5, 5.41) is 3.18. The molecule has 0 aliphatic carbocycles. The van der Waals surface area contributed by atoms with Crippen molar-refractivity contribution in [3.63, 3.8) is 0 Å². The van der Waals surface area contributed by atoms with Crippen molar-refractivity contribution < 1.29 is 0 Å². The molecule has 1 aromatic heterocycles. The Balaban J connectivity index is 2.80. The molecular weight excluding hydrogens is 186 g/mol. The predicted octanol–water partition coefficient (Wildman–Crippen LogP) is 2.31. The number of hydrogen-bond donors (Lipinski definition) is 1. The largest absolute Gasteiger partial charge is 0.331 e. The second kappa shape index (κ2) is 6.40. The molecule has 0 aliphatic heterocycles. The second-order valence-electron chi connectivity index (χ2n) is 3.70.